The Morgan fingerprint density at radius 3 is 2.65 bits per heavy atom. The van der Waals surface area contributed by atoms with Gasteiger partial charge in [0.25, 0.3) is 5.69 Å². The number of hydrogen-bond donors (Lipinski definition) is 2. The molecule has 0 fully saturated rings. The fourth-order valence-electron chi connectivity index (χ4n) is 1.55. The number of aliphatic hydroxyl groups is 2. The number of nitro benzene ring substituents is 1. The number of nitro groups is 1. The summed E-state index contributed by atoms with van der Waals surface area (Å²) in [5.41, 5.74) is -0.267. The van der Waals surface area contributed by atoms with Crippen molar-refractivity contribution in [1.82, 2.24) is 0 Å². The maximum absolute atomic E-state index is 10.9. The van der Waals surface area contributed by atoms with Crippen molar-refractivity contribution in [3.8, 4) is 0 Å². The molecule has 2 unspecified atom stereocenters. The van der Waals surface area contributed by atoms with Crippen LogP contribution < -0.4 is 0 Å². The zero-order valence-corrected chi connectivity index (χ0v) is 11.4. The van der Waals surface area contributed by atoms with E-state index in [9.17, 15) is 29.9 Å². The number of rotatable bonds is 6. The second-order valence-electron chi connectivity index (χ2n) is 4.00. The van der Waals surface area contributed by atoms with E-state index in [2.05, 4.69) is 0 Å². The van der Waals surface area contributed by atoms with E-state index in [4.69, 9.17) is 0 Å². The maximum Gasteiger partial charge on any atom is 0.270 e. The van der Waals surface area contributed by atoms with E-state index >= 15 is 0 Å². The SMILES string of the molecule is CC(=O)SCC(O)C(O)c1ccc([N+](=O)[O-])cc1C=O. The third kappa shape index (κ3) is 4.12. The van der Waals surface area contributed by atoms with Crippen LogP contribution in [0.2, 0.25) is 0 Å². The summed E-state index contributed by atoms with van der Waals surface area (Å²) >= 11 is 0.838. The minimum absolute atomic E-state index is 0.0359. The van der Waals surface area contributed by atoms with Gasteiger partial charge in [-0.2, -0.15) is 0 Å². The van der Waals surface area contributed by atoms with E-state index in [0.29, 0.717) is 6.29 Å². The number of aliphatic hydroxyl groups excluding tert-OH is 2. The highest BCUT2D eigenvalue weighted by Crippen LogP contribution is 2.25. The first kappa shape index (κ1) is 16.3. The minimum Gasteiger partial charge on any atom is -0.389 e. The first-order valence-electron chi connectivity index (χ1n) is 5.59. The number of nitrogens with zero attached hydrogens (tertiary/aromatic N) is 1. The van der Waals surface area contributed by atoms with Crippen LogP contribution in [0.5, 0.6) is 0 Å². The Balaban J connectivity index is 2.97. The van der Waals surface area contributed by atoms with Crippen LogP contribution >= 0.6 is 11.8 Å². The summed E-state index contributed by atoms with van der Waals surface area (Å²) in [5, 5.41) is 30.1. The van der Waals surface area contributed by atoms with Crippen molar-refractivity contribution in [1.29, 1.82) is 0 Å². The van der Waals surface area contributed by atoms with Gasteiger partial charge in [0, 0.05) is 30.4 Å². The molecular formula is C12H13NO6S. The van der Waals surface area contributed by atoms with Gasteiger partial charge in [-0.3, -0.25) is 19.7 Å². The molecule has 1 aromatic carbocycles. The average molecular weight is 299 g/mol. The van der Waals surface area contributed by atoms with E-state index in [0.717, 1.165) is 23.9 Å². The second-order valence-corrected chi connectivity index (χ2v) is 5.20. The number of carbonyl (C=O) groups excluding carboxylic acids is 2. The Kier molecular flexibility index (Phi) is 5.81. The molecule has 0 saturated carbocycles. The van der Waals surface area contributed by atoms with Gasteiger partial charge in [0.2, 0.25) is 0 Å². The molecule has 0 aliphatic rings. The highest BCUT2D eigenvalue weighted by Gasteiger charge is 2.23. The van der Waals surface area contributed by atoms with Crippen LogP contribution in [-0.2, 0) is 4.79 Å². The largest absolute Gasteiger partial charge is 0.389 e. The van der Waals surface area contributed by atoms with Crippen molar-refractivity contribution < 1.29 is 24.7 Å². The van der Waals surface area contributed by atoms with Crippen molar-refractivity contribution in [2.24, 2.45) is 0 Å². The Morgan fingerprint density at radius 2 is 2.15 bits per heavy atom. The van der Waals surface area contributed by atoms with Crippen LogP contribution in [0.4, 0.5) is 5.69 Å². The molecule has 0 saturated heterocycles. The van der Waals surface area contributed by atoms with Crippen molar-refractivity contribution in [3.63, 3.8) is 0 Å². The molecule has 2 atom stereocenters. The predicted molar refractivity (Wildman–Crippen MR) is 72.6 cm³/mol. The van der Waals surface area contributed by atoms with Crippen molar-refractivity contribution >= 4 is 28.9 Å². The number of hydrogen-bond acceptors (Lipinski definition) is 7. The molecule has 0 heterocycles. The highest BCUT2D eigenvalue weighted by atomic mass is 32.2. The molecule has 0 radical (unpaired) electrons. The quantitative estimate of drug-likeness (QED) is 0.458. The highest BCUT2D eigenvalue weighted by molar-refractivity contribution is 8.13. The predicted octanol–water partition coefficient (Wildman–Crippen LogP) is 1.08. The van der Waals surface area contributed by atoms with Crippen molar-refractivity contribution in [2.45, 2.75) is 19.1 Å². The number of thioether (sulfide) groups is 1. The Hall–Kier alpha value is -1.77. The minimum atomic E-state index is -1.40. The van der Waals surface area contributed by atoms with Gasteiger partial charge in [-0.25, -0.2) is 0 Å². The summed E-state index contributed by atoms with van der Waals surface area (Å²) in [6.07, 6.45) is -2.29. The zero-order chi connectivity index (χ0) is 15.3. The van der Waals surface area contributed by atoms with Crippen LogP contribution in [-0.4, -0.2) is 38.4 Å². The fourth-order valence-corrected chi connectivity index (χ4v) is 2.14. The first-order chi connectivity index (χ1) is 9.36. The van der Waals surface area contributed by atoms with Gasteiger partial charge in [0.1, 0.15) is 6.10 Å². The van der Waals surface area contributed by atoms with Gasteiger partial charge in [0.15, 0.2) is 11.4 Å². The lowest BCUT2D eigenvalue weighted by Gasteiger charge is -2.18. The Bertz CT molecular complexity index is 533. The summed E-state index contributed by atoms with van der Waals surface area (Å²) in [7, 11) is 0. The van der Waals surface area contributed by atoms with Crippen molar-refractivity contribution in [2.75, 3.05) is 5.75 Å². The van der Waals surface area contributed by atoms with E-state index in [-0.39, 0.29) is 27.7 Å². The summed E-state index contributed by atoms with van der Waals surface area (Å²) in [4.78, 5) is 31.6. The lowest BCUT2D eigenvalue weighted by Crippen LogP contribution is -2.22. The smallest absolute Gasteiger partial charge is 0.270 e. The van der Waals surface area contributed by atoms with Gasteiger partial charge < -0.3 is 10.2 Å². The van der Waals surface area contributed by atoms with Crippen LogP contribution in [0.3, 0.4) is 0 Å². The van der Waals surface area contributed by atoms with Gasteiger partial charge in [-0.1, -0.05) is 11.8 Å². The number of carbonyl (C=O) groups is 2. The molecule has 0 spiro atoms. The first-order valence-corrected chi connectivity index (χ1v) is 6.58. The van der Waals surface area contributed by atoms with Gasteiger partial charge in [-0.05, 0) is 11.6 Å². The lowest BCUT2D eigenvalue weighted by molar-refractivity contribution is -0.384. The summed E-state index contributed by atoms with van der Waals surface area (Å²) < 4.78 is 0. The summed E-state index contributed by atoms with van der Waals surface area (Å²) in [6.45, 7) is 1.33. The van der Waals surface area contributed by atoms with E-state index in [1.165, 1.54) is 13.0 Å². The van der Waals surface area contributed by atoms with E-state index in [1.54, 1.807) is 0 Å². The molecule has 1 rings (SSSR count). The standard InChI is InChI=1S/C12H13NO6S/c1-7(15)20-6-11(16)12(17)10-3-2-9(13(18)19)4-8(10)5-14/h2-5,11-12,16-17H,6H2,1H3. The summed E-state index contributed by atoms with van der Waals surface area (Å²) in [5.74, 6) is -0.0359. The molecular weight excluding hydrogens is 286 g/mol. The Morgan fingerprint density at radius 1 is 1.50 bits per heavy atom. The Labute approximate surface area is 118 Å². The van der Waals surface area contributed by atoms with Gasteiger partial charge >= 0.3 is 0 Å². The second kappa shape index (κ2) is 7.13. The van der Waals surface area contributed by atoms with E-state index in [1.807, 2.05) is 0 Å². The van der Waals surface area contributed by atoms with Gasteiger partial charge in [-0.15, -0.1) is 0 Å². The van der Waals surface area contributed by atoms with Crippen LogP contribution in [0, 0.1) is 10.1 Å². The molecule has 7 nitrogen and oxygen atoms in total. The molecule has 0 aromatic heterocycles. The average Bonchev–Trinajstić information content (AvgIpc) is 2.42. The van der Waals surface area contributed by atoms with Gasteiger partial charge in [0.05, 0.1) is 11.0 Å². The lowest BCUT2D eigenvalue weighted by atomic mass is 9.99. The van der Waals surface area contributed by atoms with Crippen LogP contribution in [0.1, 0.15) is 28.9 Å². The monoisotopic (exact) mass is 299 g/mol. The topological polar surface area (TPSA) is 118 Å². The van der Waals surface area contributed by atoms with Crippen LogP contribution in [0.15, 0.2) is 18.2 Å². The van der Waals surface area contributed by atoms with E-state index < -0.39 is 17.1 Å². The van der Waals surface area contributed by atoms with Crippen molar-refractivity contribution in [3.05, 3.63) is 39.4 Å². The third-order valence-corrected chi connectivity index (χ3v) is 3.46. The fraction of sp³-hybridized carbons (Fsp3) is 0.333. The summed E-state index contributed by atoms with van der Waals surface area (Å²) in [6, 6.07) is 3.38. The molecule has 0 aliphatic heterocycles. The molecule has 108 valence electrons. The number of aldehydes is 1. The molecule has 0 amide bonds. The van der Waals surface area contributed by atoms with Crippen LogP contribution in [0.25, 0.3) is 0 Å². The molecule has 0 aliphatic carbocycles. The third-order valence-electron chi connectivity index (χ3n) is 2.55. The molecule has 2 N–H and O–H groups in total. The normalized spacial score (nSPS) is 13.6. The molecule has 20 heavy (non-hydrogen) atoms. The number of non-ortho nitro benzene ring substituents is 1. The number of benzene rings is 1. The molecule has 8 heteroatoms. The molecule has 0 bridgehead atoms. The molecule has 1 aromatic rings. The maximum atomic E-state index is 10.9. The zero-order valence-electron chi connectivity index (χ0n) is 10.6.